The van der Waals surface area contributed by atoms with Gasteiger partial charge in [-0.25, -0.2) is 4.68 Å². The molecule has 9 N–H and O–H groups in total. The number of carbonyl (C=O) groups is 1. The molecule has 5 saturated heterocycles. The minimum Gasteiger partial charge on any atom is -0.388 e. The third-order valence-electron chi connectivity index (χ3n) is 19.2. The van der Waals surface area contributed by atoms with Crippen LogP contribution in [0.1, 0.15) is 111 Å². The minimum absolute atomic E-state index is 0.0226. The van der Waals surface area contributed by atoms with Crippen molar-refractivity contribution in [3.63, 3.8) is 0 Å². The van der Waals surface area contributed by atoms with Crippen molar-refractivity contribution in [2.75, 3.05) is 13.2 Å². The fourth-order valence-electron chi connectivity index (χ4n) is 15.0. The van der Waals surface area contributed by atoms with Crippen LogP contribution in [0.4, 0.5) is 0 Å². The van der Waals surface area contributed by atoms with E-state index in [1.165, 1.54) is 13.8 Å². The van der Waals surface area contributed by atoms with E-state index in [1.807, 2.05) is 0 Å². The van der Waals surface area contributed by atoms with Gasteiger partial charge in [-0.1, -0.05) is 32.9 Å². The standard InChI is InChI=1S/C48H75N3O18/c1-20-7-12-48(64-17-20)21(2)32-29(69-48)14-28-26-13-31(52)47(61)15-25(8-11-46(47,6)27(26)9-10-45(28,32)5)51-16-24(49-50-51)18-62-43-40(60)37(57)41(68-44-39(59)36(56)34(54)23(4)66-44)30(67-43)19-63-42-38(58)35(55)33(53)22(3)65-42/h16,20-23,25-30,32-44,53-61H,7-15,17-19H2,1-6H3/t20-,21+,22+,23+,25-,26-,27+,28+,29+,30-,32+,33+,34+,35-,36-,37-,38-,39-,40-,41-,42-,43-,44+,45+,46-,47+,48-/m1/s1. The Morgan fingerprint density at radius 2 is 1.43 bits per heavy atom. The summed E-state index contributed by atoms with van der Waals surface area (Å²) >= 11 is 0. The van der Waals surface area contributed by atoms with E-state index in [0.29, 0.717) is 42.7 Å². The van der Waals surface area contributed by atoms with E-state index in [0.717, 1.165) is 38.7 Å². The Kier molecular flexibility index (Phi) is 13.6. The van der Waals surface area contributed by atoms with E-state index >= 15 is 0 Å². The minimum atomic E-state index is -1.79. The molecular formula is C48H75N3O18. The Labute approximate surface area is 401 Å². The van der Waals surface area contributed by atoms with Gasteiger partial charge in [-0.15, -0.1) is 5.10 Å². The third-order valence-corrected chi connectivity index (χ3v) is 19.2. The zero-order chi connectivity index (χ0) is 49.3. The summed E-state index contributed by atoms with van der Waals surface area (Å²) in [5.74, 6) is 1.20. The lowest BCUT2D eigenvalue weighted by molar-refractivity contribution is -0.365. The van der Waals surface area contributed by atoms with Gasteiger partial charge >= 0.3 is 0 Å². The van der Waals surface area contributed by atoms with Crippen molar-refractivity contribution in [3.05, 3.63) is 11.9 Å². The molecule has 10 rings (SSSR count). The van der Waals surface area contributed by atoms with Gasteiger partial charge < -0.3 is 83.9 Å². The molecule has 9 aliphatic rings. The lowest BCUT2D eigenvalue weighted by atomic mass is 9.42. The summed E-state index contributed by atoms with van der Waals surface area (Å²) in [6, 6.07) is -0.342. The number of aliphatic hydroxyl groups is 9. The molecule has 69 heavy (non-hydrogen) atoms. The van der Waals surface area contributed by atoms with Crippen molar-refractivity contribution in [3.8, 4) is 0 Å². The van der Waals surface area contributed by atoms with Crippen LogP contribution in [0.3, 0.4) is 0 Å². The number of Topliss-reactive ketones (excluding diaryl/α,β-unsaturated/α-hetero) is 1. The second-order valence-electron chi connectivity index (χ2n) is 23.0. The molecule has 4 saturated carbocycles. The first kappa shape index (κ1) is 50.7. The summed E-state index contributed by atoms with van der Waals surface area (Å²) in [7, 11) is 0. The normalized spacial score (nSPS) is 55.3. The number of hydrogen-bond donors (Lipinski definition) is 9. The fraction of sp³-hybridized carbons (Fsp3) is 0.938. The molecule has 5 aliphatic heterocycles. The van der Waals surface area contributed by atoms with Crippen LogP contribution in [0.25, 0.3) is 0 Å². The maximum Gasteiger partial charge on any atom is 0.187 e. The average molecular weight is 982 g/mol. The summed E-state index contributed by atoms with van der Waals surface area (Å²) in [5, 5.41) is 107. The summed E-state index contributed by atoms with van der Waals surface area (Å²) < 4.78 is 50.0. The van der Waals surface area contributed by atoms with Crippen LogP contribution in [-0.2, 0) is 49.3 Å². The Hall–Kier alpha value is -1.87. The molecule has 0 radical (unpaired) electrons. The number of aromatic nitrogens is 3. The molecule has 1 aromatic heterocycles. The molecule has 0 unspecified atom stereocenters. The van der Waals surface area contributed by atoms with Gasteiger partial charge in [0.05, 0.1) is 50.4 Å². The van der Waals surface area contributed by atoms with Crippen LogP contribution in [0, 0.1) is 46.3 Å². The third kappa shape index (κ3) is 8.20. The second kappa shape index (κ2) is 18.5. The maximum absolute atomic E-state index is 14.5. The smallest absolute Gasteiger partial charge is 0.187 e. The quantitative estimate of drug-likeness (QED) is 0.152. The predicted molar refractivity (Wildman–Crippen MR) is 234 cm³/mol. The first-order valence-corrected chi connectivity index (χ1v) is 25.4. The number of aliphatic hydroxyl groups excluding tert-OH is 8. The van der Waals surface area contributed by atoms with E-state index in [-0.39, 0.29) is 54.1 Å². The van der Waals surface area contributed by atoms with E-state index in [4.69, 9.17) is 37.9 Å². The highest BCUT2D eigenvalue weighted by Crippen LogP contribution is 2.72. The van der Waals surface area contributed by atoms with Gasteiger partial charge in [0.2, 0.25) is 0 Å². The lowest BCUT2D eigenvalue weighted by Gasteiger charge is -2.63. The molecule has 21 heteroatoms. The first-order valence-electron chi connectivity index (χ1n) is 25.4. The Morgan fingerprint density at radius 1 is 0.768 bits per heavy atom. The van der Waals surface area contributed by atoms with Crippen molar-refractivity contribution < 1.29 is 88.6 Å². The van der Waals surface area contributed by atoms with Crippen LogP contribution >= 0.6 is 0 Å². The predicted octanol–water partition coefficient (Wildman–Crippen LogP) is -0.420. The largest absolute Gasteiger partial charge is 0.388 e. The van der Waals surface area contributed by atoms with Crippen LogP contribution in [0.2, 0.25) is 0 Å². The fourth-order valence-corrected chi connectivity index (χ4v) is 15.0. The Bertz CT molecular complexity index is 2010. The lowest BCUT2D eigenvalue weighted by Crippen LogP contribution is -2.66. The summed E-state index contributed by atoms with van der Waals surface area (Å²) in [6.07, 6.45) is -14.1. The van der Waals surface area contributed by atoms with Crippen molar-refractivity contribution in [1.82, 2.24) is 15.0 Å². The number of nitrogens with zero attached hydrogens (tertiary/aromatic N) is 3. The first-order chi connectivity index (χ1) is 32.6. The van der Waals surface area contributed by atoms with Gasteiger partial charge in [-0.05, 0) is 87.4 Å². The van der Waals surface area contributed by atoms with Crippen LogP contribution in [-0.4, -0.2) is 190 Å². The van der Waals surface area contributed by atoms with E-state index in [2.05, 4.69) is 38.0 Å². The summed E-state index contributed by atoms with van der Waals surface area (Å²) in [6.45, 7) is 12.0. The Balaban J connectivity index is 0.793. The van der Waals surface area contributed by atoms with Gasteiger partial charge in [-0.2, -0.15) is 0 Å². The summed E-state index contributed by atoms with van der Waals surface area (Å²) in [4.78, 5) is 14.5. The maximum atomic E-state index is 14.5. The van der Waals surface area contributed by atoms with Gasteiger partial charge in [0.15, 0.2) is 30.4 Å². The van der Waals surface area contributed by atoms with E-state index < -0.39 is 116 Å². The number of ketones is 1. The molecule has 4 aliphatic carbocycles. The topological polar surface area (TPSA) is 304 Å². The molecule has 9 fully saturated rings. The highest BCUT2D eigenvalue weighted by atomic mass is 16.8. The van der Waals surface area contributed by atoms with Crippen molar-refractivity contribution in [2.24, 2.45) is 46.3 Å². The molecular weight excluding hydrogens is 907 g/mol. The molecule has 1 spiro atoms. The second-order valence-corrected chi connectivity index (χ2v) is 23.0. The van der Waals surface area contributed by atoms with Crippen molar-refractivity contribution in [2.45, 2.75) is 222 Å². The van der Waals surface area contributed by atoms with E-state index in [1.54, 1.807) is 10.9 Å². The van der Waals surface area contributed by atoms with Gasteiger partial charge in [-0.3, -0.25) is 4.79 Å². The number of carbonyl (C=O) groups excluding carboxylic acids is 1. The number of hydrogen-bond acceptors (Lipinski definition) is 20. The number of rotatable bonds is 9. The highest BCUT2D eigenvalue weighted by Gasteiger charge is 2.72. The molecule has 0 amide bonds. The zero-order valence-corrected chi connectivity index (χ0v) is 40.4. The van der Waals surface area contributed by atoms with Crippen molar-refractivity contribution in [1.29, 1.82) is 0 Å². The number of ether oxygens (including phenoxy) is 8. The van der Waals surface area contributed by atoms with Gasteiger partial charge in [0.1, 0.15) is 72.3 Å². The average Bonchev–Trinajstić information content (AvgIpc) is 3.99. The molecule has 21 nitrogen and oxygen atoms in total. The molecule has 1 aromatic rings. The van der Waals surface area contributed by atoms with E-state index in [9.17, 15) is 50.8 Å². The molecule has 390 valence electrons. The van der Waals surface area contributed by atoms with Crippen LogP contribution < -0.4 is 0 Å². The van der Waals surface area contributed by atoms with Crippen LogP contribution in [0.15, 0.2) is 6.20 Å². The molecule has 6 heterocycles. The summed E-state index contributed by atoms with van der Waals surface area (Å²) in [5.41, 5.74) is -1.83. The molecule has 27 atom stereocenters. The van der Waals surface area contributed by atoms with Gasteiger partial charge in [0, 0.05) is 30.6 Å². The molecule has 0 bridgehead atoms. The van der Waals surface area contributed by atoms with Crippen LogP contribution in [0.5, 0.6) is 0 Å². The number of fused-ring (bicyclic) bond motifs is 7. The van der Waals surface area contributed by atoms with Gasteiger partial charge in [0.25, 0.3) is 0 Å². The zero-order valence-electron chi connectivity index (χ0n) is 40.4. The molecule has 0 aromatic carbocycles. The SMILES string of the molecule is C[C@@H]1CC[C@@]2(OC1)O[C@H]1C[C@H]3[C@@H]4CC(=O)[C@@]5(O)C[C@H](n6cc(CO[C@@H]7O[C@H](CO[C@@H]8O[C@@H](C)[C@H](O)[C@@H](O)[C@H]8O)[C@@H](O[C@@H]8O[C@@H](C)[C@H](O)[C@@H](O)[C@H]8O)[C@H](O)[C@H]7O)nn6)CC[C@]5(C)[C@H]4CC[C@]3(C)[C@H]1[C@@H]2C. The Morgan fingerprint density at radius 3 is 2.13 bits per heavy atom. The monoisotopic (exact) mass is 982 g/mol. The highest BCUT2D eigenvalue weighted by molar-refractivity contribution is 5.89. The van der Waals surface area contributed by atoms with Crippen molar-refractivity contribution >= 4 is 5.78 Å².